The van der Waals surface area contributed by atoms with Crippen molar-refractivity contribution in [1.82, 2.24) is 10.3 Å². The Bertz CT molecular complexity index is 1090. The van der Waals surface area contributed by atoms with E-state index in [1.54, 1.807) is 42.7 Å². The number of nitrogens with one attached hydrogen (secondary N) is 1. The van der Waals surface area contributed by atoms with E-state index in [4.69, 9.17) is 0 Å². The molecule has 2 aromatic carbocycles. The Balaban J connectivity index is 1.71. The summed E-state index contributed by atoms with van der Waals surface area (Å²) >= 11 is 0. The zero-order chi connectivity index (χ0) is 20.9. The number of pyridine rings is 1. The fourth-order valence-corrected chi connectivity index (χ4v) is 3.64. The number of carbonyl (C=O) groups excluding carboxylic acids is 1. The molecule has 0 aliphatic heterocycles. The van der Waals surface area contributed by atoms with Gasteiger partial charge in [0.05, 0.1) is 18.5 Å². The third kappa shape index (κ3) is 5.39. The Labute approximate surface area is 169 Å². The molecule has 3 rings (SSSR count). The monoisotopic (exact) mass is 413 g/mol. The lowest BCUT2D eigenvalue weighted by molar-refractivity contribution is 0.0951. The second-order valence-electron chi connectivity index (χ2n) is 6.46. The number of hydrogen-bond donors (Lipinski definition) is 1. The normalized spacial score (nSPS) is 11.1. The predicted octanol–water partition coefficient (Wildman–Crippen LogP) is 3.12. The van der Waals surface area contributed by atoms with Crippen LogP contribution in [0.25, 0.3) is 0 Å². The number of para-hydroxylation sites is 1. The number of halogens is 1. The van der Waals surface area contributed by atoms with Crippen LogP contribution in [0.5, 0.6) is 0 Å². The zero-order valence-electron chi connectivity index (χ0n) is 15.7. The third-order valence-electron chi connectivity index (χ3n) is 4.27. The summed E-state index contributed by atoms with van der Waals surface area (Å²) in [4.78, 5) is 16.2. The molecule has 6 nitrogen and oxygen atoms in total. The summed E-state index contributed by atoms with van der Waals surface area (Å²) in [5.74, 6) is -0.868. The van der Waals surface area contributed by atoms with E-state index in [0.29, 0.717) is 17.7 Å². The highest BCUT2D eigenvalue weighted by atomic mass is 32.2. The Morgan fingerprint density at radius 2 is 1.66 bits per heavy atom. The van der Waals surface area contributed by atoms with Crippen LogP contribution in [-0.4, -0.2) is 25.6 Å². The van der Waals surface area contributed by atoms with Gasteiger partial charge in [-0.25, -0.2) is 12.8 Å². The summed E-state index contributed by atoms with van der Waals surface area (Å²) in [7, 11) is -3.70. The lowest BCUT2D eigenvalue weighted by atomic mass is 10.1. The number of hydrogen-bond acceptors (Lipinski definition) is 4. The number of rotatable bonds is 7. The Morgan fingerprint density at radius 1 is 1.00 bits per heavy atom. The highest BCUT2D eigenvalue weighted by Gasteiger charge is 2.21. The SMILES string of the molecule is CS(=O)(=O)N(Cc1ccc(C(=O)NCc2ccncc2)cc1)c1ccccc1F. The second kappa shape index (κ2) is 8.83. The van der Waals surface area contributed by atoms with Gasteiger partial charge >= 0.3 is 0 Å². The molecule has 0 aliphatic carbocycles. The van der Waals surface area contributed by atoms with Gasteiger partial charge in [0.2, 0.25) is 10.0 Å². The molecule has 0 aliphatic rings. The molecular formula is C21H20FN3O3S. The van der Waals surface area contributed by atoms with Crippen LogP contribution in [-0.2, 0) is 23.1 Å². The third-order valence-corrected chi connectivity index (χ3v) is 5.39. The van der Waals surface area contributed by atoms with Gasteiger partial charge in [-0.15, -0.1) is 0 Å². The van der Waals surface area contributed by atoms with E-state index in [0.717, 1.165) is 16.1 Å². The molecule has 0 fully saturated rings. The number of anilines is 1. The van der Waals surface area contributed by atoms with E-state index in [2.05, 4.69) is 10.3 Å². The molecular weight excluding hydrogens is 393 g/mol. The van der Waals surface area contributed by atoms with E-state index in [9.17, 15) is 17.6 Å². The molecule has 0 spiro atoms. The van der Waals surface area contributed by atoms with E-state index in [1.165, 1.54) is 18.2 Å². The smallest absolute Gasteiger partial charge is 0.251 e. The summed E-state index contributed by atoms with van der Waals surface area (Å²) in [5.41, 5.74) is 1.98. The summed E-state index contributed by atoms with van der Waals surface area (Å²) < 4.78 is 39.5. The molecule has 3 aromatic rings. The number of nitrogens with zero attached hydrogens (tertiary/aromatic N) is 2. The molecule has 1 amide bonds. The molecule has 0 saturated heterocycles. The van der Waals surface area contributed by atoms with Crippen LogP contribution < -0.4 is 9.62 Å². The van der Waals surface area contributed by atoms with Crippen molar-refractivity contribution in [3.05, 3.63) is 95.6 Å². The van der Waals surface area contributed by atoms with Gasteiger partial charge in [-0.3, -0.25) is 14.1 Å². The van der Waals surface area contributed by atoms with Crippen LogP contribution in [0.3, 0.4) is 0 Å². The van der Waals surface area contributed by atoms with Gasteiger partial charge in [0, 0.05) is 24.5 Å². The van der Waals surface area contributed by atoms with E-state index in [-0.39, 0.29) is 18.1 Å². The molecule has 0 atom stereocenters. The van der Waals surface area contributed by atoms with Crippen molar-refractivity contribution in [3.63, 3.8) is 0 Å². The second-order valence-corrected chi connectivity index (χ2v) is 8.36. The average molecular weight is 413 g/mol. The minimum absolute atomic E-state index is 0.0193. The van der Waals surface area contributed by atoms with E-state index < -0.39 is 15.8 Å². The van der Waals surface area contributed by atoms with E-state index in [1.807, 2.05) is 12.1 Å². The molecule has 8 heteroatoms. The summed E-state index contributed by atoms with van der Waals surface area (Å²) in [5, 5.41) is 2.81. The minimum Gasteiger partial charge on any atom is -0.348 e. The van der Waals surface area contributed by atoms with Gasteiger partial charge in [0.15, 0.2) is 0 Å². The Kier molecular flexibility index (Phi) is 6.23. The highest BCUT2D eigenvalue weighted by Crippen LogP contribution is 2.23. The van der Waals surface area contributed by atoms with Gasteiger partial charge in [-0.2, -0.15) is 0 Å². The zero-order valence-corrected chi connectivity index (χ0v) is 16.6. The standard InChI is InChI=1S/C21H20FN3O3S/c1-29(27,28)25(20-5-3-2-4-19(20)22)15-17-6-8-18(9-7-17)21(26)24-14-16-10-12-23-13-11-16/h2-13H,14-15H2,1H3,(H,24,26). The predicted molar refractivity (Wildman–Crippen MR) is 109 cm³/mol. The van der Waals surface area contributed by atoms with Crippen molar-refractivity contribution in [2.75, 3.05) is 10.6 Å². The van der Waals surface area contributed by atoms with Crippen LogP contribution in [0.1, 0.15) is 21.5 Å². The van der Waals surface area contributed by atoms with Gasteiger partial charge in [-0.1, -0.05) is 24.3 Å². The van der Waals surface area contributed by atoms with Gasteiger partial charge < -0.3 is 5.32 Å². The van der Waals surface area contributed by atoms with Gasteiger partial charge in [0.25, 0.3) is 5.91 Å². The topological polar surface area (TPSA) is 79.4 Å². The fraction of sp³-hybridized carbons (Fsp3) is 0.143. The first kappa shape index (κ1) is 20.5. The first-order valence-corrected chi connectivity index (χ1v) is 10.7. The molecule has 0 bridgehead atoms. The van der Waals surface area contributed by atoms with Crippen molar-refractivity contribution in [1.29, 1.82) is 0 Å². The van der Waals surface area contributed by atoms with Crippen LogP contribution in [0.2, 0.25) is 0 Å². The lowest BCUT2D eigenvalue weighted by Crippen LogP contribution is -2.30. The molecule has 1 aromatic heterocycles. The van der Waals surface area contributed by atoms with Crippen molar-refractivity contribution in [2.24, 2.45) is 0 Å². The van der Waals surface area contributed by atoms with Crippen LogP contribution >= 0.6 is 0 Å². The molecule has 0 unspecified atom stereocenters. The van der Waals surface area contributed by atoms with Crippen molar-refractivity contribution >= 4 is 21.6 Å². The highest BCUT2D eigenvalue weighted by molar-refractivity contribution is 7.92. The molecule has 150 valence electrons. The maximum Gasteiger partial charge on any atom is 0.251 e. The number of aromatic nitrogens is 1. The maximum atomic E-state index is 14.1. The van der Waals surface area contributed by atoms with Crippen molar-refractivity contribution in [3.8, 4) is 0 Å². The van der Waals surface area contributed by atoms with Crippen molar-refractivity contribution < 1.29 is 17.6 Å². The first-order chi connectivity index (χ1) is 13.8. The van der Waals surface area contributed by atoms with Crippen LogP contribution in [0.15, 0.2) is 73.1 Å². The summed E-state index contributed by atoms with van der Waals surface area (Å²) in [6.07, 6.45) is 4.33. The number of amides is 1. The largest absolute Gasteiger partial charge is 0.348 e. The molecule has 1 heterocycles. The number of benzene rings is 2. The minimum atomic E-state index is -3.70. The quantitative estimate of drug-likeness (QED) is 0.646. The van der Waals surface area contributed by atoms with Crippen LogP contribution in [0, 0.1) is 5.82 Å². The van der Waals surface area contributed by atoms with Gasteiger partial charge in [-0.05, 0) is 47.5 Å². The Morgan fingerprint density at radius 3 is 2.28 bits per heavy atom. The first-order valence-electron chi connectivity index (χ1n) is 8.83. The van der Waals surface area contributed by atoms with E-state index >= 15 is 0 Å². The van der Waals surface area contributed by atoms with Crippen LogP contribution in [0.4, 0.5) is 10.1 Å². The molecule has 0 radical (unpaired) electrons. The average Bonchev–Trinajstić information content (AvgIpc) is 2.71. The molecule has 29 heavy (non-hydrogen) atoms. The lowest BCUT2D eigenvalue weighted by Gasteiger charge is -2.23. The van der Waals surface area contributed by atoms with Gasteiger partial charge in [0.1, 0.15) is 5.82 Å². The number of sulfonamides is 1. The fourth-order valence-electron chi connectivity index (χ4n) is 2.75. The Hall–Kier alpha value is -3.26. The summed E-state index contributed by atoms with van der Waals surface area (Å²) in [6, 6.07) is 15.9. The molecule has 0 saturated carbocycles. The van der Waals surface area contributed by atoms with Crippen molar-refractivity contribution in [2.45, 2.75) is 13.1 Å². The summed E-state index contributed by atoms with van der Waals surface area (Å²) in [6.45, 7) is 0.330. The number of carbonyl (C=O) groups is 1. The maximum absolute atomic E-state index is 14.1. The molecule has 1 N–H and O–H groups in total.